The molecule has 3 fully saturated rings. The molecule has 0 spiro atoms. The molecule has 4 aromatic carbocycles. The smallest absolute Gasteiger partial charge is 0.408 e. The number of nitrogens with zero attached hydrogens (tertiary/aromatic N) is 3. The molecule has 2 bridgehead atoms. The molecule has 3 saturated heterocycles. The Morgan fingerprint density at radius 1 is 0.957 bits per heavy atom. The number of amides is 1. The van der Waals surface area contributed by atoms with Crippen LogP contribution in [0.3, 0.4) is 0 Å². The predicted octanol–water partition coefficient (Wildman–Crippen LogP) is 6.46. The largest absolute Gasteiger partial charge is 0.493 e. The van der Waals surface area contributed by atoms with Crippen LogP contribution >= 0.6 is 11.8 Å². The van der Waals surface area contributed by atoms with E-state index in [1.54, 1.807) is 14.0 Å². The average Bonchev–Trinajstić information content (AvgIpc) is 3.97. The summed E-state index contributed by atoms with van der Waals surface area (Å²) < 4.78 is 41.5. The van der Waals surface area contributed by atoms with Crippen molar-refractivity contribution in [3.05, 3.63) is 141 Å². The van der Waals surface area contributed by atoms with E-state index in [4.69, 9.17) is 33.2 Å². The van der Waals surface area contributed by atoms with Gasteiger partial charge in [-0.25, -0.2) is 9.59 Å². The lowest BCUT2D eigenvalue weighted by atomic mass is 9.65. The zero-order valence-electron chi connectivity index (χ0n) is 39.1. The Balaban J connectivity index is 0.996. The molecule has 0 aromatic heterocycles. The highest BCUT2D eigenvalue weighted by Crippen LogP contribution is 2.57. The number of carbonyl (C=O) groups excluding carboxylic acids is 3. The number of fused-ring (bicyclic) bond motifs is 11. The molecule has 6 aliphatic rings. The third kappa shape index (κ3) is 7.90. The monoisotopic (exact) mass is 954 g/mol. The molecule has 358 valence electrons. The third-order valence-corrected chi connectivity index (χ3v) is 15.7. The summed E-state index contributed by atoms with van der Waals surface area (Å²) in [6, 6.07) is 25.7. The van der Waals surface area contributed by atoms with Gasteiger partial charge in [-0.1, -0.05) is 84.9 Å². The van der Waals surface area contributed by atoms with E-state index in [1.807, 2.05) is 79.5 Å². The first-order chi connectivity index (χ1) is 33.5. The predicted molar refractivity (Wildman–Crippen MR) is 254 cm³/mol. The molecule has 2 unspecified atom stereocenters. The molecule has 4 aromatic rings. The van der Waals surface area contributed by atoms with Crippen molar-refractivity contribution < 1.29 is 52.6 Å². The van der Waals surface area contributed by atoms with Gasteiger partial charge in [-0.2, -0.15) is 17.0 Å². The van der Waals surface area contributed by atoms with Crippen molar-refractivity contribution in [1.82, 2.24) is 15.1 Å². The van der Waals surface area contributed by atoms with Crippen LogP contribution in [-0.4, -0.2) is 122 Å². The zero-order chi connectivity index (χ0) is 48.1. The van der Waals surface area contributed by atoms with Crippen LogP contribution in [-0.2, 0) is 46.3 Å². The number of methoxy groups -OCH3 is 2. The molecule has 10 rings (SSSR count). The molecule has 0 saturated carbocycles. The van der Waals surface area contributed by atoms with Crippen molar-refractivity contribution in [3.63, 3.8) is 0 Å². The number of thioether (sulfide) groups is 1. The number of esters is 1. The number of piperidine rings is 1. The number of nitrogens with one attached hydrogen (secondary N) is 1. The van der Waals surface area contributed by atoms with Gasteiger partial charge >= 0.3 is 12.1 Å². The lowest BCUT2D eigenvalue weighted by Crippen LogP contribution is -2.74. The van der Waals surface area contributed by atoms with Crippen LogP contribution in [0.2, 0.25) is 0 Å². The van der Waals surface area contributed by atoms with Gasteiger partial charge < -0.3 is 43.6 Å². The fraction of sp³-hybridized carbons (Fsp3) is 0.396. The van der Waals surface area contributed by atoms with Crippen molar-refractivity contribution in [2.75, 3.05) is 53.0 Å². The minimum absolute atomic E-state index is 0.0182. The number of Topliss-reactive ketones (excluding diaryl/α,β-unsaturated/α-hetero) is 1. The van der Waals surface area contributed by atoms with Crippen LogP contribution in [0.15, 0.2) is 108 Å². The fourth-order valence-electron chi connectivity index (χ4n) is 11.6. The molecule has 2 N–H and O–H groups in total. The maximum atomic E-state index is 14.7. The van der Waals surface area contributed by atoms with Crippen LogP contribution < -0.4 is 14.8 Å². The number of carbonyl (C=O) groups is 3. The summed E-state index contributed by atoms with van der Waals surface area (Å²) in [6.07, 6.45) is -0.487. The lowest BCUT2D eigenvalue weighted by molar-refractivity contribution is -0.159. The van der Waals surface area contributed by atoms with Crippen molar-refractivity contribution >= 4 is 29.6 Å². The number of alkyl carbamates (subject to hydrolysis) is 1. The Kier molecular flexibility index (Phi) is 12.7. The molecule has 0 radical (unpaired) electrons. The third-order valence-electron chi connectivity index (χ3n) is 14.6. The second kappa shape index (κ2) is 18.9. The normalized spacial score (nSPS) is 24.8. The highest BCUT2D eigenvalue weighted by atomic mass is 32.2. The molecular weight excluding hydrogens is 901 g/mol. The first-order valence-electron chi connectivity index (χ1n) is 23.1. The van der Waals surface area contributed by atoms with E-state index >= 15 is 0 Å². The number of benzene rings is 4. The minimum atomic E-state index is -2.15. The molecule has 2 aliphatic carbocycles. The second-order valence-electron chi connectivity index (χ2n) is 18.3. The van der Waals surface area contributed by atoms with Crippen molar-refractivity contribution in [1.29, 1.82) is 5.26 Å². The Bertz CT molecular complexity index is 2770. The number of nitriles is 1. The van der Waals surface area contributed by atoms with Crippen LogP contribution in [0.1, 0.15) is 58.7 Å². The molecule has 1 amide bonds. The quantitative estimate of drug-likeness (QED) is 0.104. The number of hydrogen-bond acceptors (Lipinski definition) is 15. The number of aliphatic hydroxyl groups is 1. The summed E-state index contributed by atoms with van der Waals surface area (Å²) in [4.78, 5) is 47.0. The van der Waals surface area contributed by atoms with Crippen LogP contribution in [0.4, 0.5) is 4.79 Å². The number of piperazine rings is 1. The number of rotatable bonds is 14. The molecular formula is C53H54N4O11S. The van der Waals surface area contributed by atoms with Gasteiger partial charge in [0.2, 0.25) is 6.79 Å². The van der Waals surface area contributed by atoms with E-state index in [0.717, 1.165) is 22.3 Å². The molecule has 4 aliphatic heterocycles. The standard InChI is InChI=1S/C53H54N4O11S/c1-29-19-32-20-39-41(22-54)57-40(45(56(39)3)43(32)48(46(29)63-5)66-27-62-4)21-53(61)44(49-47(67-28-68-49)30(2)50(53)58)42(57)24-64-51(59)38(55-52(60)65-23-31-13-7-6-8-14-31)26-69-25-37-35-17-11-9-15-33(35)34-16-10-12-18-36(34)37/h6-19,37-42,45,61H,20-21,23-28H2,1-5H3,(H,55,60)/t38-,39-,40?,41+,42+,45+,53?/m1/s1. The number of ketones is 1. The maximum absolute atomic E-state index is 14.7. The van der Waals surface area contributed by atoms with Crippen LogP contribution in [0.5, 0.6) is 11.5 Å². The van der Waals surface area contributed by atoms with Gasteiger partial charge in [-0.15, -0.1) is 0 Å². The summed E-state index contributed by atoms with van der Waals surface area (Å²) in [7, 11) is 5.04. The molecule has 69 heavy (non-hydrogen) atoms. The molecule has 7 atom stereocenters. The maximum Gasteiger partial charge on any atom is 0.408 e. The Morgan fingerprint density at radius 2 is 1.65 bits per heavy atom. The van der Waals surface area contributed by atoms with Crippen LogP contribution in [0, 0.1) is 18.3 Å². The number of ether oxygens (including phenoxy) is 7. The van der Waals surface area contributed by atoms with E-state index in [2.05, 4.69) is 40.6 Å². The average molecular weight is 955 g/mol. The molecule has 16 heteroatoms. The van der Waals surface area contributed by atoms with Gasteiger partial charge in [0.25, 0.3) is 0 Å². The minimum Gasteiger partial charge on any atom is -0.493 e. The molecule has 15 nitrogen and oxygen atoms in total. The Morgan fingerprint density at radius 3 is 2.35 bits per heavy atom. The summed E-state index contributed by atoms with van der Waals surface area (Å²) >= 11 is 1.50. The number of likely N-dealkylation sites (N-methyl/N-ethyl adjacent to an activating group) is 1. The van der Waals surface area contributed by atoms with Crippen molar-refractivity contribution in [2.24, 2.45) is 0 Å². The van der Waals surface area contributed by atoms with Gasteiger partial charge in [-0.3, -0.25) is 14.6 Å². The first-order valence-corrected chi connectivity index (χ1v) is 24.2. The Hall–Kier alpha value is -6.35. The van der Waals surface area contributed by atoms with E-state index < -0.39 is 60.3 Å². The van der Waals surface area contributed by atoms with Gasteiger partial charge in [-0.05, 0) is 66.3 Å². The second-order valence-corrected chi connectivity index (χ2v) is 19.4. The van der Waals surface area contributed by atoms with Gasteiger partial charge in [0, 0.05) is 59.7 Å². The van der Waals surface area contributed by atoms with Crippen molar-refractivity contribution in [2.45, 2.75) is 81.1 Å². The highest BCUT2D eigenvalue weighted by Gasteiger charge is 2.64. The SMILES string of the molecule is COCOc1c(OC)c(C)cc2c1[C@@H]1C3CC4(O)C(=O)C(C)=C5OCOC5=C4[C@H](COC(=O)[C@@H](CSCC4c5ccccc5-c5ccccc54)NC(=O)OCc4ccccc4)N3[C@@H](C#N)[C@@H](C2)N1C. The van der Waals surface area contributed by atoms with Gasteiger partial charge in [0.15, 0.2) is 41.2 Å². The lowest BCUT2D eigenvalue weighted by Gasteiger charge is -2.62. The van der Waals surface area contributed by atoms with Crippen molar-refractivity contribution in [3.8, 4) is 28.7 Å². The fourth-order valence-corrected chi connectivity index (χ4v) is 12.8. The van der Waals surface area contributed by atoms with Gasteiger partial charge in [0.1, 0.15) is 25.3 Å². The molecule has 4 heterocycles. The van der Waals surface area contributed by atoms with E-state index in [9.17, 15) is 24.8 Å². The topological polar surface area (TPSA) is 178 Å². The van der Waals surface area contributed by atoms with Gasteiger partial charge in [0.05, 0.1) is 25.3 Å². The summed E-state index contributed by atoms with van der Waals surface area (Å²) in [5.74, 6) is 0.823. The van der Waals surface area contributed by atoms with E-state index in [-0.39, 0.29) is 67.0 Å². The van der Waals surface area contributed by atoms with Crippen LogP contribution in [0.25, 0.3) is 11.1 Å². The summed E-state index contributed by atoms with van der Waals surface area (Å²) in [5, 5.41) is 27.0. The van der Waals surface area contributed by atoms with E-state index in [0.29, 0.717) is 23.7 Å². The number of hydrogen-bond donors (Lipinski definition) is 2. The summed E-state index contributed by atoms with van der Waals surface area (Å²) in [6.45, 7) is 2.82. The Labute approximate surface area is 404 Å². The summed E-state index contributed by atoms with van der Waals surface area (Å²) in [5.41, 5.74) is 6.28. The zero-order valence-corrected chi connectivity index (χ0v) is 39.9. The van der Waals surface area contributed by atoms with E-state index in [1.165, 1.54) is 41.1 Å². The first kappa shape index (κ1) is 46.4. The number of aryl methyl sites for hydroxylation is 1. The highest BCUT2D eigenvalue weighted by molar-refractivity contribution is 7.99.